The van der Waals surface area contributed by atoms with E-state index in [1.807, 2.05) is 0 Å². The average Bonchev–Trinajstić information content (AvgIpc) is 3.06. The molecule has 0 saturated heterocycles. The zero-order valence-corrected chi connectivity index (χ0v) is 17.7. The van der Waals surface area contributed by atoms with Crippen LogP contribution in [0.3, 0.4) is 0 Å². The second-order valence-electron chi connectivity index (χ2n) is 6.60. The van der Waals surface area contributed by atoms with E-state index in [4.69, 9.17) is 10.00 Å². The molecule has 31 heavy (non-hydrogen) atoms. The molecule has 0 saturated carbocycles. The van der Waals surface area contributed by atoms with Gasteiger partial charge in [-0.1, -0.05) is 6.08 Å². The minimum Gasteiger partial charge on any atom is -0.489 e. The predicted molar refractivity (Wildman–Crippen MR) is 112 cm³/mol. The molecule has 1 aromatic carbocycles. The van der Waals surface area contributed by atoms with E-state index in [1.165, 1.54) is 30.7 Å². The summed E-state index contributed by atoms with van der Waals surface area (Å²) in [6.45, 7) is 7.98. The number of aliphatic hydroxyl groups excluding tert-OH is 1. The van der Waals surface area contributed by atoms with Crippen molar-refractivity contribution < 1.29 is 27.4 Å². The van der Waals surface area contributed by atoms with Gasteiger partial charge in [-0.05, 0) is 25.1 Å². The van der Waals surface area contributed by atoms with E-state index in [2.05, 4.69) is 23.0 Å². The predicted octanol–water partition coefficient (Wildman–Crippen LogP) is 2.24. The van der Waals surface area contributed by atoms with Crippen molar-refractivity contribution in [2.75, 3.05) is 11.9 Å². The van der Waals surface area contributed by atoms with Crippen LogP contribution in [0.5, 0.6) is 5.75 Å². The number of aryl methyl sites for hydroxylation is 1. The largest absolute Gasteiger partial charge is 0.489 e. The van der Waals surface area contributed by atoms with Crippen LogP contribution >= 0.6 is 0 Å². The Morgan fingerprint density at radius 3 is 2.74 bits per heavy atom. The Hall–Kier alpha value is -3.49. The number of rotatable bonds is 9. The van der Waals surface area contributed by atoms with Gasteiger partial charge in [0.15, 0.2) is 11.4 Å². The molecule has 11 heteroatoms. The first-order chi connectivity index (χ1) is 14.5. The zero-order chi connectivity index (χ0) is 23.3. The molecule has 2 rings (SSSR count). The summed E-state index contributed by atoms with van der Waals surface area (Å²) in [4.78, 5) is 12.5. The van der Waals surface area contributed by atoms with Gasteiger partial charge in [0.25, 0.3) is 15.9 Å². The number of aromatic nitrogens is 1. The minimum absolute atomic E-state index is 0.120. The summed E-state index contributed by atoms with van der Waals surface area (Å²) in [5.74, 6) is -2.35. The van der Waals surface area contributed by atoms with Crippen LogP contribution in [0.4, 0.5) is 10.1 Å². The van der Waals surface area contributed by atoms with E-state index in [9.17, 15) is 22.7 Å². The Labute approximate surface area is 179 Å². The lowest BCUT2D eigenvalue weighted by atomic mass is 10.1. The van der Waals surface area contributed by atoms with Crippen molar-refractivity contribution in [2.24, 2.45) is 17.4 Å². The number of halogens is 1. The van der Waals surface area contributed by atoms with Crippen LogP contribution in [0.25, 0.3) is 0 Å². The van der Waals surface area contributed by atoms with Crippen molar-refractivity contribution in [1.29, 1.82) is 5.26 Å². The van der Waals surface area contributed by atoms with Crippen LogP contribution in [0.15, 0.2) is 46.3 Å². The number of hydrogen-bond acceptors (Lipinski definition) is 6. The second kappa shape index (κ2) is 9.55. The average molecular weight is 448 g/mol. The van der Waals surface area contributed by atoms with Crippen molar-refractivity contribution in [2.45, 2.75) is 17.9 Å². The maximum absolute atomic E-state index is 13.5. The number of carbonyl (C=O) groups excluding carboxylic acids is 1. The number of hydrogen-bond donors (Lipinski definition) is 2. The number of amides is 1. The highest BCUT2D eigenvalue weighted by Crippen LogP contribution is 2.32. The summed E-state index contributed by atoms with van der Waals surface area (Å²) in [7, 11) is -2.80. The SMILES string of the molecule is C=CC(COc1c(S(=O)(=O)N=C)cn(C)c1C(=O)Nc1ccc(F)c(C#N)c1)[C@@H](C)O. The van der Waals surface area contributed by atoms with Gasteiger partial charge in [-0.2, -0.15) is 18.1 Å². The summed E-state index contributed by atoms with van der Waals surface area (Å²) in [6.07, 6.45) is 1.75. The maximum Gasteiger partial charge on any atom is 0.286 e. The summed E-state index contributed by atoms with van der Waals surface area (Å²) < 4.78 is 48.2. The van der Waals surface area contributed by atoms with E-state index < -0.39 is 33.8 Å². The standard InChI is InChI=1S/C20H21FN4O5S/c1-5-13(12(2)26)11-30-19-17(31(28,29)23-3)10-25(4)18(19)20(27)24-15-6-7-16(21)14(8-15)9-22/h5-8,10,12-13,26H,1,3,11H2,2,4H3,(H,24,27)/t12-,13?/m1/s1. The Morgan fingerprint density at radius 1 is 1.52 bits per heavy atom. The number of sulfonamides is 1. The molecular weight excluding hydrogens is 427 g/mol. The Kier molecular flexibility index (Phi) is 7.32. The monoisotopic (exact) mass is 448 g/mol. The van der Waals surface area contributed by atoms with Gasteiger partial charge in [0.1, 0.15) is 16.8 Å². The van der Waals surface area contributed by atoms with Crippen LogP contribution in [0.2, 0.25) is 0 Å². The van der Waals surface area contributed by atoms with Crippen LogP contribution in [-0.2, 0) is 17.1 Å². The molecule has 0 aliphatic heterocycles. The Bertz CT molecular complexity index is 1160. The lowest BCUT2D eigenvalue weighted by molar-refractivity contribution is 0.0999. The molecule has 164 valence electrons. The summed E-state index contributed by atoms with van der Waals surface area (Å²) in [5, 5.41) is 21.2. The lowest BCUT2D eigenvalue weighted by Crippen LogP contribution is -2.23. The lowest BCUT2D eigenvalue weighted by Gasteiger charge is -2.17. The highest BCUT2D eigenvalue weighted by Gasteiger charge is 2.30. The van der Waals surface area contributed by atoms with Gasteiger partial charge in [0.2, 0.25) is 0 Å². The van der Waals surface area contributed by atoms with Crippen LogP contribution < -0.4 is 10.1 Å². The van der Waals surface area contributed by atoms with Crippen molar-refractivity contribution in [3.63, 3.8) is 0 Å². The second-order valence-corrected chi connectivity index (χ2v) is 8.25. The van der Waals surface area contributed by atoms with Gasteiger partial charge >= 0.3 is 0 Å². The molecule has 0 spiro atoms. The van der Waals surface area contributed by atoms with E-state index in [0.717, 1.165) is 18.3 Å². The fraction of sp³-hybridized carbons (Fsp3) is 0.250. The number of benzene rings is 1. The number of nitriles is 1. The zero-order valence-electron chi connectivity index (χ0n) is 16.9. The minimum atomic E-state index is -4.22. The Balaban J connectivity index is 2.50. The van der Waals surface area contributed by atoms with E-state index >= 15 is 0 Å². The van der Waals surface area contributed by atoms with E-state index in [-0.39, 0.29) is 34.2 Å². The normalized spacial score (nSPS) is 13.0. The highest BCUT2D eigenvalue weighted by atomic mass is 32.2. The molecule has 2 aromatic rings. The molecular formula is C20H21FN4O5S. The van der Waals surface area contributed by atoms with Gasteiger partial charge in [0, 0.05) is 31.6 Å². The fourth-order valence-electron chi connectivity index (χ4n) is 2.69. The molecule has 0 aliphatic carbocycles. The molecule has 0 bridgehead atoms. The smallest absolute Gasteiger partial charge is 0.286 e. The quantitative estimate of drug-likeness (QED) is 0.446. The first-order valence-electron chi connectivity index (χ1n) is 8.92. The first-order valence-corrected chi connectivity index (χ1v) is 10.4. The van der Waals surface area contributed by atoms with Gasteiger partial charge < -0.3 is 19.7 Å². The number of ether oxygens (including phenoxy) is 1. The van der Waals surface area contributed by atoms with Crippen molar-refractivity contribution in [3.8, 4) is 11.8 Å². The van der Waals surface area contributed by atoms with Gasteiger partial charge in [0.05, 0.1) is 18.3 Å². The summed E-state index contributed by atoms with van der Waals surface area (Å²) in [6, 6.07) is 5.08. The molecule has 1 unspecified atom stereocenters. The van der Waals surface area contributed by atoms with Crippen molar-refractivity contribution >= 4 is 28.3 Å². The molecule has 1 heterocycles. The van der Waals surface area contributed by atoms with Crippen LogP contribution in [-0.4, -0.2) is 43.4 Å². The van der Waals surface area contributed by atoms with E-state index in [0.29, 0.717) is 0 Å². The number of aliphatic hydroxyl groups is 1. The third-order valence-electron chi connectivity index (χ3n) is 4.45. The third kappa shape index (κ3) is 5.17. The maximum atomic E-state index is 13.5. The van der Waals surface area contributed by atoms with Crippen molar-refractivity contribution in [3.05, 3.63) is 54.1 Å². The van der Waals surface area contributed by atoms with Crippen molar-refractivity contribution in [1.82, 2.24) is 4.57 Å². The third-order valence-corrected chi connectivity index (χ3v) is 5.64. The molecule has 0 radical (unpaired) electrons. The number of anilines is 1. The summed E-state index contributed by atoms with van der Waals surface area (Å²) in [5.41, 5.74) is -0.321. The van der Waals surface area contributed by atoms with Gasteiger partial charge in [-0.25, -0.2) is 4.39 Å². The summed E-state index contributed by atoms with van der Waals surface area (Å²) >= 11 is 0. The molecule has 2 atom stereocenters. The highest BCUT2D eigenvalue weighted by molar-refractivity contribution is 7.90. The fourth-order valence-corrected chi connectivity index (χ4v) is 3.52. The first kappa shape index (κ1) is 23.8. The number of nitrogens with zero attached hydrogens (tertiary/aromatic N) is 3. The molecule has 0 aliphatic rings. The number of carbonyl (C=O) groups is 1. The van der Waals surface area contributed by atoms with Crippen LogP contribution in [0, 0.1) is 23.1 Å². The van der Waals surface area contributed by atoms with E-state index in [1.54, 1.807) is 6.07 Å². The molecule has 1 amide bonds. The van der Waals surface area contributed by atoms with Gasteiger partial charge in [-0.3, -0.25) is 4.79 Å². The molecule has 9 nitrogen and oxygen atoms in total. The molecule has 0 fully saturated rings. The Morgan fingerprint density at radius 2 is 2.19 bits per heavy atom. The van der Waals surface area contributed by atoms with Crippen LogP contribution in [0.1, 0.15) is 23.0 Å². The number of nitrogens with one attached hydrogen (secondary N) is 1. The molecule has 2 N–H and O–H groups in total. The van der Waals surface area contributed by atoms with Gasteiger partial charge in [-0.15, -0.1) is 6.58 Å². The topological polar surface area (TPSA) is 134 Å². The molecule has 1 aromatic heterocycles.